The number of hydrogen-bond donors (Lipinski definition) is 0. The van der Waals surface area contributed by atoms with Gasteiger partial charge in [0.05, 0.1) is 6.54 Å². The zero-order chi connectivity index (χ0) is 17.2. The minimum atomic E-state index is -0.105. The van der Waals surface area contributed by atoms with E-state index in [0.717, 1.165) is 44.0 Å². The van der Waals surface area contributed by atoms with Crippen molar-refractivity contribution in [3.05, 3.63) is 52.7 Å². The normalized spacial score (nSPS) is 16.5. The summed E-state index contributed by atoms with van der Waals surface area (Å²) in [4.78, 5) is 27.4. The van der Waals surface area contributed by atoms with E-state index in [9.17, 15) is 4.79 Å². The number of aryl methyl sites for hydroxylation is 1. The summed E-state index contributed by atoms with van der Waals surface area (Å²) >= 11 is 0. The standard InChI is InChI=1S/C18H21N5O2/c1-13-2-3-15(25-13)11-22-8-4-14(5-9-22)10-23-12-21-17-16(18(23)24)19-6-7-20-17/h2-3,6-7,12,14H,4-5,8-11H2,1H3. The van der Waals surface area contributed by atoms with E-state index < -0.39 is 0 Å². The first-order valence-electron chi connectivity index (χ1n) is 8.63. The molecule has 0 bridgehead atoms. The first-order valence-corrected chi connectivity index (χ1v) is 8.63. The number of fused-ring (bicyclic) bond motifs is 1. The van der Waals surface area contributed by atoms with Crippen molar-refractivity contribution in [2.24, 2.45) is 5.92 Å². The third kappa shape index (κ3) is 3.46. The topological polar surface area (TPSA) is 77.1 Å². The number of rotatable bonds is 4. The molecule has 0 amide bonds. The average Bonchev–Trinajstić information content (AvgIpc) is 3.04. The van der Waals surface area contributed by atoms with Gasteiger partial charge in [-0.1, -0.05) is 0 Å². The maximum atomic E-state index is 12.5. The monoisotopic (exact) mass is 339 g/mol. The van der Waals surface area contributed by atoms with Gasteiger partial charge in [0, 0.05) is 18.9 Å². The fourth-order valence-electron chi connectivity index (χ4n) is 3.41. The molecule has 4 rings (SSSR count). The number of furan rings is 1. The van der Waals surface area contributed by atoms with Gasteiger partial charge in [-0.3, -0.25) is 14.3 Å². The van der Waals surface area contributed by atoms with Crippen molar-refractivity contribution >= 4 is 11.2 Å². The van der Waals surface area contributed by atoms with Crippen LogP contribution in [-0.2, 0) is 13.1 Å². The highest BCUT2D eigenvalue weighted by Crippen LogP contribution is 2.21. The Bertz CT molecular complexity index is 924. The first kappa shape index (κ1) is 16.0. The molecule has 25 heavy (non-hydrogen) atoms. The van der Waals surface area contributed by atoms with Crippen LogP contribution in [0.4, 0.5) is 0 Å². The van der Waals surface area contributed by atoms with E-state index in [1.54, 1.807) is 17.1 Å². The van der Waals surface area contributed by atoms with Crippen LogP contribution in [-0.4, -0.2) is 37.5 Å². The van der Waals surface area contributed by atoms with Crippen LogP contribution < -0.4 is 5.56 Å². The Morgan fingerprint density at radius 1 is 1.16 bits per heavy atom. The number of aromatic nitrogens is 4. The van der Waals surface area contributed by atoms with Crippen molar-refractivity contribution in [1.29, 1.82) is 0 Å². The van der Waals surface area contributed by atoms with Crippen molar-refractivity contribution in [3.8, 4) is 0 Å². The van der Waals surface area contributed by atoms with Crippen molar-refractivity contribution in [3.63, 3.8) is 0 Å². The lowest BCUT2D eigenvalue weighted by Crippen LogP contribution is -2.36. The molecule has 0 atom stereocenters. The molecule has 4 heterocycles. The summed E-state index contributed by atoms with van der Waals surface area (Å²) in [5.74, 6) is 2.45. The number of piperidine rings is 1. The third-order valence-corrected chi connectivity index (χ3v) is 4.80. The van der Waals surface area contributed by atoms with Crippen LogP contribution in [0.3, 0.4) is 0 Å². The third-order valence-electron chi connectivity index (χ3n) is 4.80. The largest absolute Gasteiger partial charge is 0.465 e. The van der Waals surface area contributed by atoms with E-state index in [1.165, 1.54) is 6.20 Å². The fourth-order valence-corrected chi connectivity index (χ4v) is 3.41. The van der Waals surface area contributed by atoms with Gasteiger partial charge in [-0.2, -0.15) is 0 Å². The summed E-state index contributed by atoms with van der Waals surface area (Å²) < 4.78 is 7.33. The first-order chi connectivity index (χ1) is 12.2. The molecule has 0 N–H and O–H groups in total. The molecule has 1 fully saturated rings. The molecule has 1 aliphatic heterocycles. The second kappa shape index (κ2) is 6.76. The zero-order valence-electron chi connectivity index (χ0n) is 14.3. The van der Waals surface area contributed by atoms with Crippen molar-refractivity contribution in [1.82, 2.24) is 24.4 Å². The number of likely N-dealkylation sites (tertiary alicyclic amines) is 1. The molecular formula is C18H21N5O2. The van der Waals surface area contributed by atoms with Gasteiger partial charge < -0.3 is 4.42 Å². The van der Waals surface area contributed by atoms with Gasteiger partial charge in [-0.15, -0.1) is 0 Å². The van der Waals surface area contributed by atoms with Gasteiger partial charge in [0.15, 0.2) is 11.2 Å². The van der Waals surface area contributed by atoms with E-state index in [-0.39, 0.29) is 5.56 Å². The molecule has 0 aliphatic carbocycles. The maximum absolute atomic E-state index is 12.5. The van der Waals surface area contributed by atoms with E-state index in [0.29, 0.717) is 23.6 Å². The Kier molecular flexibility index (Phi) is 4.31. The van der Waals surface area contributed by atoms with Crippen LogP contribution >= 0.6 is 0 Å². The summed E-state index contributed by atoms with van der Waals surface area (Å²) in [5, 5.41) is 0. The van der Waals surface area contributed by atoms with Crippen molar-refractivity contribution in [2.75, 3.05) is 13.1 Å². The molecule has 7 heteroatoms. The number of hydrogen-bond acceptors (Lipinski definition) is 6. The lowest BCUT2D eigenvalue weighted by molar-refractivity contribution is 0.156. The molecule has 1 aliphatic rings. The average molecular weight is 339 g/mol. The molecule has 3 aromatic heterocycles. The second-order valence-corrected chi connectivity index (χ2v) is 6.66. The molecule has 0 radical (unpaired) electrons. The van der Waals surface area contributed by atoms with Gasteiger partial charge in [0.25, 0.3) is 5.56 Å². The predicted octanol–water partition coefficient (Wildman–Crippen LogP) is 2.00. The van der Waals surface area contributed by atoms with E-state index in [4.69, 9.17) is 4.42 Å². The minimum absolute atomic E-state index is 0.105. The highest BCUT2D eigenvalue weighted by Gasteiger charge is 2.21. The quantitative estimate of drug-likeness (QED) is 0.723. The van der Waals surface area contributed by atoms with E-state index in [2.05, 4.69) is 19.9 Å². The SMILES string of the molecule is Cc1ccc(CN2CCC(Cn3cnc4nccnc4c3=O)CC2)o1. The lowest BCUT2D eigenvalue weighted by Gasteiger charge is -2.31. The van der Waals surface area contributed by atoms with Crippen LogP contribution in [0.5, 0.6) is 0 Å². The van der Waals surface area contributed by atoms with E-state index in [1.807, 2.05) is 19.1 Å². The molecule has 0 saturated carbocycles. The van der Waals surface area contributed by atoms with Gasteiger partial charge in [-0.05, 0) is 50.9 Å². The van der Waals surface area contributed by atoms with Crippen LogP contribution in [0.15, 0.2) is 40.1 Å². The lowest BCUT2D eigenvalue weighted by atomic mass is 9.96. The van der Waals surface area contributed by atoms with Crippen LogP contribution in [0.25, 0.3) is 11.2 Å². The molecule has 0 spiro atoms. The zero-order valence-corrected chi connectivity index (χ0v) is 14.3. The summed E-state index contributed by atoms with van der Waals surface area (Å²) in [6, 6.07) is 4.05. The molecule has 0 aromatic carbocycles. The van der Waals surface area contributed by atoms with Gasteiger partial charge >= 0.3 is 0 Å². The second-order valence-electron chi connectivity index (χ2n) is 6.66. The summed E-state index contributed by atoms with van der Waals surface area (Å²) in [5.41, 5.74) is 0.648. The molecule has 7 nitrogen and oxygen atoms in total. The fraction of sp³-hybridized carbons (Fsp3) is 0.444. The van der Waals surface area contributed by atoms with Gasteiger partial charge in [-0.25, -0.2) is 15.0 Å². The summed E-state index contributed by atoms with van der Waals surface area (Å²) in [6.45, 7) is 5.54. The maximum Gasteiger partial charge on any atom is 0.281 e. The smallest absolute Gasteiger partial charge is 0.281 e. The Hall–Kier alpha value is -2.54. The Labute approximate surface area is 145 Å². The Morgan fingerprint density at radius 2 is 1.96 bits per heavy atom. The number of nitrogens with zero attached hydrogens (tertiary/aromatic N) is 5. The van der Waals surface area contributed by atoms with Crippen molar-refractivity contribution < 1.29 is 4.42 Å². The van der Waals surface area contributed by atoms with Gasteiger partial charge in [0.2, 0.25) is 0 Å². The van der Waals surface area contributed by atoms with E-state index >= 15 is 0 Å². The highest BCUT2D eigenvalue weighted by molar-refractivity contribution is 5.66. The summed E-state index contributed by atoms with van der Waals surface area (Å²) in [7, 11) is 0. The van der Waals surface area contributed by atoms with Crippen LogP contribution in [0.2, 0.25) is 0 Å². The Morgan fingerprint density at radius 3 is 2.72 bits per heavy atom. The Balaban J connectivity index is 1.39. The highest BCUT2D eigenvalue weighted by atomic mass is 16.3. The van der Waals surface area contributed by atoms with Crippen LogP contribution in [0.1, 0.15) is 24.4 Å². The molecular weight excluding hydrogens is 318 g/mol. The minimum Gasteiger partial charge on any atom is -0.465 e. The molecule has 1 saturated heterocycles. The van der Waals surface area contributed by atoms with Gasteiger partial charge in [0.1, 0.15) is 17.8 Å². The molecule has 3 aromatic rings. The van der Waals surface area contributed by atoms with Crippen molar-refractivity contribution in [2.45, 2.75) is 32.9 Å². The van der Waals surface area contributed by atoms with Crippen LogP contribution in [0, 0.1) is 12.8 Å². The molecule has 130 valence electrons. The summed E-state index contributed by atoms with van der Waals surface area (Å²) in [6.07, 6.45) is 6.80. The molecule has 0 unspecified atom stereocenters. The predicted molar refractivity (Wildman–Crippen MR) is 93.0 cm³/mol.